The van der Waals surface area contributed by atoms with Crippen LogP contribution in [0.5, 0.6) is 0 Å². The standard InChI is InChI=1S/C18H26FNO2/c1-2-13-5-9-17(10-6-13)22-18(21)15-7-3-14(4-8-15)11-16(19)12-20/h11,13-15,17H,2-10H2,1H3/b16-11+. The average molecular weight is 307 g/mol. The third-order valence-electron chi connectivity index (χ3n) is 5.25. The van der Waals surface area contributed by atoms with Crippen molar-refractivity contribution in [3.05, 3.63) is 11.9 Å². The summed E-state index contributed by atoms with van der Waals surface area (Å²) in [5, 5.41) is 8.46. The summed E-state index contributed by atoms with van der Waals surface area (Å²) in [6.45, 7) is 2.22. The first-order valence-electron chi connectivity index (χ1n) is 8.60. The number of nitriles is 1. The van der Waals surface area contributed by atoms with Gasteiger partial charge in [-0.05, 0) is 69.3 Å². The summed E-state index contributed by atoms with van der Waals surface area (Å²) in [5.74, 6) is 0.0661. The van der Waals surface area contributed by atoms with E-state index in [0.717, 1.165) is 44.4 Å². The molecule has 0 heterocycles. The van der Waals surface area contributed by atoms with Crippen molar-refractivity contribution in [1.82, 2.24) is 0 Å². The molecule has 0 bridgehead atoms. The molecule has 2 aliphatic carbocycles. The summed E-state index contributed by atoms with van der Waals surface area (Å²) >= 11 is 0. The van der Waals surface area contributed by atoms with E-state index < -0.39 is 5.83 Å². The summed E-state index contributed by atoms with van der Waals surface area (Å²) in [6, 6.07) is 1.51. The zero-order valence-corrected chi connectivity index (χ0v) is 13.4. The molecule has 22 heavy (non-hydrogen) atoms. The maximum atomic E-state index is 13.0. The van der Waals surface area contributed by atoms with Crippen LogP contribution in [-0.4, -0.2) is 12.1 Å². The predicted octanol–water partition coefficient (Wildman–Crippen LogP) is 4.68. The van der Waals surface area contributed by atoms with E-state index in [0.29, 0.717) is 0 Å². The fraction of sp³-hybridized carbons (Fsp3) is 0.778. The number of esters is 1. The molecule has 0 aromatic rings. The van der Waals surface area contributed by atoms with Gasteiger partial charge in [-0.15, -0.1) is 0 Å². The van der Waals surface area contributed by atoms with E-state index in [4.69, 9.17) is 10.00 Å². The normalized spacial score (nSPS) is 33.0. The molecular weight excluding hydrogens is 281 g/mol. The fourth-order valence-electron chi connectivity index (χ4n) is 3.68. The topological polar surface area (TPSA) is 50.1 Å². The Morgan fingerprint density at radius 1 is 1.18 bits per heavy atom. The molecule has 122 valence electrons. The third-order valence-corrected chi connectivity index (χ3v) is 5.25. The minimum Gasteiger partial charge on any atom is -0.462 e. The van der Waals surface area contributed by atoms with Crippen LogP contribution in [0.1, 0.15) is 64.7 Å². The molecule has 0 atom stereocenters. The van der Waals surface area contributed by atoms with Gasteiger partial charge in [0, 0.05) is 0 Å². The van der Waals surface area contributed by atoms with Crippen molar-refractivity contribution in [2.75, 3.05) is 0 Å². The molecule has 4 heteroatoms. The molecule has 0 spiro atoms. The smallest absolute Gasteiger partial charge is 0.309 e. The van der Waals surface area contributed by atoms with Gasteiger partial charge in [0.05, 0.1) is 5.92 Å². The second-order valence-electron chi connectivity index (χ2n) is 6.73. The first-order valence-corrected chi connectivity index (χ1v) is 8.60. The van der Waals surface area contributed by atoms with E-state index in [9.17, 15) is 9.18 Å². The van der Waals surface area contributed by atoms with Crippen LogP contribution in [0.3, 0.4) is 0 Å². The minimum atomic E-state index is -0.710. The number of hydrogen-bond donors (Lipinski definition) is 0. The zero-order chi connectivity index (χ0) is 15.9. The Morgan fingerprint density at radius 2 is 1.82 bits per heavy atom. The van der Waals surface area contributed by atoms with Gasteiger partial charge in [0.1, 0.15) is 12.2 Å². The fourth-order valence-corrected chi connectivity index (χ4v) is 3.68. The molecule has 3 nitrogen and oxygen atoms in total. The van der Waals surface area contributed by atoms with Crippen LogP contribution in [0.25, 0.3) is 0 Å². The molecule has 0 radical (unpaired) electrons. The van der Waals surface area contributed by atoms with Crippen molar-refractivity contribution in [2.45, 2.75) is 70.8 Å². The monoisotopic (exact) mass is 307 g/mol. The van der Waals surface area contributed by atoms with Gasteiger partial charge in [0.25, 0.3) is 0 Å². The number of carbonyl (C=O) groups excluding carboxylic acids is 1. The van der Waals surface area contributed by atoms with E-state index in [1.165, 1.54) is 31.4 Å². The maximum Gasteiger partial charge on any atom is 0.309 e. The Hall–Kier alpha value is -1.37. The maximum absolute atomic E-state index is 13.0. The van der Waals surface area contributed by atoms with Gasteiger partial charge in [0.15, 0.2) is 5.83 Å². The largest absolute Gasteiger partial charge is 0.462 e. The summed E-state index contributed by atoms with van der Waals surface area (Å²) in [5.41, 5.74) is 0. The summed E-state index contributed by atoms with van der Waals surface area (Å²) in [6.07, 6.45) is 10.0. The Kier molecular flexibility index (Phi) is 6.42. The number of ether oxygens (including phenoxy) is 1. The van der Waals surface area contributed by atoms with Crippen molar-refractivity contribution in [3.63, 3.8) is 0 Å². The van der Waals surface area contributed by atoms with Crippen molar-refractivity contribution < 1.29 is 13.9 Å². The van der Waals surface area contributed by atoms with Crippen molar-refractivity contribution in [3.8, 4) is 6.07 Å². The van der Waals surface area contributed by atoms with E-state index >= 15 is 0 Å². The second-order valence-corrected chi connectivity index (χ2v) is 6.73. The highest BCUT2D eigenvalue weighted by Crippen LogP contribution is 2.33. The predicted molar refractivity (Wildman–Crippen MR) is 82.4 cm³/mol. The molecule has 0 saturated heterocycles. The number of nitrogens with zero attached hydrogens (tertiary/aromatic N) is 1. The highest BCUT2D eigenvalue weighted by atomic mass is 19.1. The lowest BCUT2D eigenvalue weighted by molar-refractivity contribution is -0.157. The van der Waals surface area contributed by atoms with Crippen molar-refractivity contribution in [2.24, 2.45) is 17.8 Å². The molecule has 0 N–H and O–H groups in total. The lowest BCUT2D eigenvalue weighted by Gasteiger charge is -2.30. The van der Waals surface area contributed by atoms with Crippen LogP contribution >= 0.6 is 0 Å². The second kappa shape index (κ2) is 8.31. The molecule has 0 aromatic heterocycles. The quantitative estimate of drug-likeness (QED) is 0.559. The molecule has 0 aromatic carbocycles. The summed E-state index contributed by atoms with van der Waals surface area (Å²) in [4.78, 5) is 12.2. The molecule has 0 amide bonds. The van der Waals surface area contributed by atoms with Crippen LogP contribution in [0.15, 0.2) is 11.9 Å². The van der Waals surface area contributed by atoms with E-state index in [1.807, 2.05) is 0 Å². The lowest BCUT2D eigenvalue weighted by Crippen LogP contribution is -2.29. The van der Waals surface area contributed by atoms with Crippen molar-refractivity contribution in [1.29, 1.82) is 5.26 Å². The van der Waals surface area contributed by atoms with Gasteiger partial charge in [-0.3, -0.25) is 4.79 Å². The van der Waals surface area contributed by atoms with E-state index in [2.05, 4.69) is 6.92 Å². The Labute approximate surface area is 132 Å². The van der Waals surface area contributed by atoms with Crippen LogP contribution in [-0.2, 0) is 9.53 Å². The zero-order valence-electron chi connectivity index (χ0n) is 13.4. The molecule has 2 fully saturated rings. The Morgan fingerprint density at radius 3 is 2.36 bits per heavy atom. The minimum absolute atomic E-state index is 0.0429. The van der Waals surface area contributed by atoms with Crippen LogP contribution in [0.2, 0.25) is 0 Å². The molecule has 2 rings (SSSR count). The number of carbonyl (C=O) groups is 1. The summed E-state index contributed by atoms with van der Waals surface area (Å²) in [7, 11) is 0. The highest BCUT2D eigenvalue weighted by molar-refractivity contribution is 5.72. The average Bonchev–Trinajstić information content (AvgIpc) is 2.56. The number of hydrogen-bond acceptors (Lipinski definition) is 3. The van der Waals surface area contributed by atoms with Crippen LogP contribution in [0, 0.1) is 29.1 Å². The SMILES string of the molecule is CCC1CCC(OC(=O)C2CCC(/C=C(/F)C#N)CC2)CC1. The first-order chi connectivity index (χ1) is 10.6. The molecule has 0 aliphatic heterocycles. The van der Waals surface area contributed by atoms with Gasteiger partial charge < -0.3 is 4.74 Å². The van der Waals surface area contributed by atoms with Crippen LogP contribution < -0.4 is 0 Å². The Balaban J connectivity index is 1.73. The number of allylic oxidation sites excluding steroid dienone is 2. The molecule has 2 aliphatic rings. The van der Waals surface area contributed by atoms with Gasteiger partial charge in [0.2, 0.25) is 0 Å². The van der Waals surface area contributed by atoms with Gasteiger partial charge in [-0.1, -0.05) is 13.3 Å². The first kappa shape index (κ1) is 17.0. The van der Waals surface area contributed by atoms with Crippen molar-refractivity contribution >= 4 is 5.97 Å². The third kappa shape index (κ3) is 4.83. The summed E-state index contributed by atoms with van der Waals surface area (Å²) < 4.78 is 18.6. The highest BCUT2D eigenvalue weighted by Gasteiger charge is 2.30. The lowest BCUT2D eigenvalue weighted by atomic mass is 9.81. The van der Waals surface area contributed by atoms with E-state index in [1.54, 1.807) is 0 Å². The van der Waals surface area contributed by atoms with Gasteiger partial charge in [-0.25, -0.2) is 0 Å². The van der Waals surface area contributed by atoms with Gasteiger partial charge >= 0.3 is 5.97 Å². The van der Waals surface area contributed by atoms with Crippen LogP contribution in [0.4, 0.5) is 4.39 Å². The molecular formula is C18H26FNO2. The number of halogens is 1. The molecule has 2 saturated carbocycles. The van der Waals surface area contributed by atoms with E-state index in [-0.39, 0.29) is 23.9 Å². The van der Waals surface area contributed by atoms with Gasteiger partial charge in [-0.2, -0.15) is 9.65 Å². The molecule has 0 unspecified atom stereocenters. The number of rotatable bonds is 4. The Bertz CT molecular complexity index is 438.